The number of anilines is 1. The minimum atomic E-state index is -0.899. The maximum atomic E-state index is 12.6. The third-order valence-electron chi connectivity index (χ3n) is 4.64. The number of nitrogens with one attached hydrogen (secondary N) is 1. The topological polar surface area (TPSA) is 109 Å². The highest BCUT2D eigenvalue weighted by atomic mass is 32.1. The van der Waals surface area contributed by atoms with E-state index in [9.17, 15) is 14.4 Å². The van der Waals surface area contributed by atoms with E-state index < -0.39 is 24.1 Å². The Morgan fingerprint density at radius 2 is 1.77 bits per heavy atom. The molecule has 0 fully saturated rings. The Labute approximate surface area is 183 Å². The zero-order valence-corrected chi connectivity index (χ0v) is 18.6. The molecule has 0 unspecified atom stereocenters. The fourth-order valence-corrected chi connectivity index (χ4v) is 4.39. The van der Waals surface area contributed by atoms with Gasteiger partial charge in [-0.2, -0.15) is 0 Å². The summed E-state index contributed by atoms with van der Waals surface area (Å²) in [6.45, 7) is 5.39. The molecule has 0 saturated heterocycles. The van der Waals surface area contributed by atoms with Crippen LogP contribution in [0.1, 0.15) is 61.6 Å². The van der Waals surface area contributed by atoms with Crippen LogP contribution in [0.15, 0.2) is 12.1 Å². The highest BCUT2D eigenvalue weighted by Crippen LogP contribution is 2.44. The van der Waals surface area contributed by atoms with Gasteiger partial charge < -0.3 is 29.0 Å². The molecule has 1 aliphatic heterocycles. The fraction of sp³-hybridized carbons (Fsp3) is 0.381. The molecule has 1 N–H and O–H groups in total. The first-order valence-electron chi connectivity index (χ1n) is 9.57. The van der Waals surface area contributed by atoms with Gasteiger partial charge >= 0.3 is 17.9 Å². The molecule has 0 spiro atoms. The lowest BCUT2D eigenvalue weighted by Crippen LogP contribution is -2.13. The number of hydrogen-bond acceptors (Lipinski definition) is 10. The maximum absolute atomic E-state index is 12.6. The minimum absolute atomic E-state index is 0.167. The summed E-state index contributed by atoms with van der Waals surface area (Å²) in [6.07, 6.45) is -0.899. The summed E-state index contributed by atoms with van der Waals surface area (Å²) in [5.41, 5.74) is 1.37. The Morgan fingerprint density at radius 3 is 2.39 bits per heavy atom. The molecule has 166 valence electrons. The van der Waals surface area contributed by atoms with Crippen molar-refractivity contribution in [1.29, 1.82) is 0 Å². The van der Waals surface area contributed by atoms with Crippen LogP contribution in [0.5, 0.6) is 11.5 Å². The number of carbonyl (C=O) groups is 3. The number of carbonyl (C=O) groups excluding carboxylic acids is 3. The Kier molecular flexibility index (Phi) is 6.69. The molecule has 31 heavy (non-hydrogen) atoms. The molecule has 3 rings (SSSR count). The number of fused-ring (bicyclic) bond motifs is 1. The van der Waals surface area contributed by atoms with E-state index in [0.29, 0.717) is 21.9 Å². The zero-order valence-electron chi connectivity index (χ0n) is 17.8. The Morgan fingerprint density at radius 1 is 1.10 bits per heavy atom. The third kappa shape index (κ3) is 4.02. The van der Waals surface area contributed by atoms with Crippen LogP contribution in [0.2, 0.25) is 0 Å². The van der Waals surface area contributed by atoms with Crippen molar-refractivity contribution in [3.8, 4) is 11.5 Å². The van der Waals surface area contributed by atoms with Crippen molar-refractivity contribution >= 4 is 34.2 Å². The van der Waals surface area contributed by atoms with Gasteiger partial charge in [0.1, 0.15) is 15.4 Å². The fourth-order valence-electron chi connectivity index (χ4n) is 3.28. The van der Waals surface area contributed by atoms with Gasteiger partial charge in [0.25, 0.3) is 0 Å². The minimum Gasteiger partial charge on any atom is -0.493 e. The van der Waals surface area contributed by atoms with E-state index in [4.69, 9.17) is 23.7 Å². The predicted molar refractivity (Wildman–Crippen MR) is 112 cm³/mol. The van der Waals surface area contributed by atoms with Gasteiger partial charge in [-0.3, -0.25) is 0 Å². The van der Waals surface area contributed by atoms with Gasteiger partial charge in [0.2, 0.25) is 6.23 Å². The molecule has 2 heterocycles. The SMILES string of the molecule is CCOC(=O)c1sc(N[C@H]2OC(=O)c3c2ccc(OC)c3OC)c(C(=O)OCC)c1C. The van der Waals surface area contributed by atoms with Crippen LogP contribution in [0, 0.1) is 6.92 Å². The molecule has 0 bridgehead atoms. The summed E-state index contributed by atoms with van der Waals surface area (Å²) in [5.74, 6) is -1.08. The number of esters is 3. The smallest absolute Gasteiger partial charge is 0.348 e. The van der Waals surface area contributed by atoms with Crippen LogP contribution < -0.4 is 14.8 Å². The van der Waals surface area contributed by atoms with E-state index in [1.807, 2.05) is 0 Å². The largest absolute Gasteiger partial charge is 0.493 e. The van der Waals surface area contributed by atoms with Crippen molar-refractivity contribution in [1.82, 2.24) is 0 Å². The summed E-state index contributed by atoms with van der Waals surface area (Å²) in [5, 5.41) is 3.39. The summed E-state index contributed by atoms with van der Waals surface area (Å²) in [6, 6.07) is 3.33. The second-order valence-corrected chi connectivity index (χ2v) is 7.42. The van der Waals surface area contributed by atoms with Gasteiger partial charge in [0.15, 0.2) is 11.5 Å². The zero-order chi connectivity index (χ0) is 22.7. The Hall–Kier alpha value is -3.27. The number of cyclic esters (lactones) is 1. The summed E-state index contributed by atoms with van der Waals surface area (Å²) in [4.78, 5) is 37.8. The number of methoxy groups -OCH3 is 2. The van der Waals surface area contributed by atoms with Crippen LogP contribution in [-0.4, -0.2) is 45.3 Å². The lowest BCUT2D eigenvalue weighted by molar-refractivity contribution is 0.0434. The van der Waals surface area contributed by atoms with Crippen LogP contribution >= 0.6 is 11.3 Å². The third-order valence-corrected chi connectivity index (χ3v) is 5.84. The Balaban J connectivity index is 2.04. The van der Waals surface area contributed by atoms with Crippen LogP contribution in [0.25, 0.3) is 0 Å². The number of benzene rings is 1. The van der Waals surface area contributed by atoms with Crippen LogP contribution in [0.3, 0.4) is 0 Å². The molecule has 1 aromatic carbocycles. The predicted octanol–water partition coefficient (Wildman–Crippen LogP) is 3.71. The summed E-state index contributed by atoms with van der Waals surface area (Å²) >= 11 is 1.03. The van der Waals surface area contributed by atoms with E-state index >= 15 is 0 Å². The molecule has 1 atom stereocenters. The van der Waals surface area contributed by atoms with Gasteiger partial charge in [-0.25, -0.2) is 14.4 Å². The second-order valence-electron chi connectivity index (χ2n) is 6.40. The van der Waals surface area contributed by atoms with Crippen LogP contribution in [-0.2, 0) is 14.2 Å². The first-order chi connectivity index (χ1) is 14.9. The molecule has 9 nitrogen and oxygen atoms in total. The normalized spacial score (nSPS) is 14.5. The maximum Gasteiger partial charge on any atom is 0.348 e. The lowest BCUT2D eigenvalue weighted by atomic mass is 10.1. The van der Waals surface area contributed by atoms with Crippen molar-refractivity contribution in [2.45, 2.75) is 27.0 Å². The molecular formula is C21H23NO8S. The summed E-state index contributed by atoms with van der Waals surface area (Å²) in [7, 11) is 2.90. The van der Waals surface area contributed by atoms with Crippen molar-refractivity contribution in [3.05, 3.63) is 39.3 Å². The second kappa shape index (κ2) is 9.25. The van der Waals surface area contributed by atoms with Gasteiger partial charge in [0.05, 0.1) is 33.0 Å². The lowest BCUT2D eigenvalue weighted by Gasteiger charge is -2.15. The van der Waals surface area contributed by atoms with Gasteiger partial charge in [-0.15, -0.1) is 11.3 Å². The monoisotopic (exact) mass is 449 g/mol. The number of ether oxygens (including phenoxy) is 5. The molecule has 10 heteroatoms. The number of hydrogen-bond donors (Lipinski definition) is 1. The average molecular weight is 449 g/mol. The molecule has 0 amide bonds. The van der Waals surface area contributed by atoms with E-state index in [1.54, 1.807) is 32.9 Å². The molecule has 1 aliphatic rings. The van der Waals surface area contributed by atoms with Gasteiger partial charge in [-0.1, -0.05) is 0 Å². The molecule has 2 aromatic rings. The average Bonchev–Trinajstić information content (AvgIpc) is 3.24. The standard InChI is InChI=1S/C21H23NO8S/c1-6-28-19(23)13-10(3)16(21(25)29-7-2)31-18(13)22-17-11-8-9-12(26-4)15(27-5)14(11)20(24)30-17/h8-9,17,22H,6-7H2,1-5H3/t17-/m0/s1. The van der Waals surface area contributed by atoms with Crippen molar-refractivity contribution in [2.75, 3.05) is 32.8 Å². The highest BCUT2D eigenvalue weighted by Gasteiger charge is 2.37. The summed E-state index contributed by atoms with van der Waals surface area (Å²) < 4.78 is 26.3. The van der Waals surface area contributed by atoms with E-state index in [1.165, 1.54) is 14.2 Å². The van der Waals surface area contributed by atoms with Crippen molar-refractivity contribution in [3.63, 3.8) is 0 Å². The quantitative estimate of drug-likeness (QED) is 0.476. The number of thiophene rings is 1. The molecule has 1 aromatic heterocycles. The number of rotatable bonds is 8. The van der Waals surface area contributed by atoms with Gasteiger partial charge in [0, 0.05) is 5.56 Å². The van der Waals surface area contributed by atoms with Crippen molar-refractivity contribution in [2.24, 2.45) is 0 Å². The molecule has 0 aliphatic carbocycles. The van der Waals surface area contributed by atoms with Crippen LogP contribution in [0.4, 0.5) is 5.00 Å². The first-order valence-corrected chi connectivity index (χ1v) is 10.4. The highest BCUT2D eigenvalue weighted by molar-refractivity contribution is 7.18. The molecular weight excluding hydrogens is 426 g/mol. The Bertz CT molecular complexity index is 1030. The molecule has 0 saturated carbocycles. The first kappa shape index (κ1) is 22.4. The molecule has 0 radical (unpaired) electrons. The van der Waals surface area contributed by atoms with E-state index in [-0.39, 0.29) is 35.0 Å². The van der Waals surface area contributed by atoms with E-state index in [0.717, 1.165) is 11.3 Å². The van der Waals surface area contributed by atoms with Gasteiger partial charge in [-0.05, 0) is 38.5 Å². The van der Waals surface area contributed by atoms with E-state index in [2.05, 4.69) is 5.32 Å². The van der Waals surface area contributed by atoms with Crippen molar-refractivity contribution < 1.29 is 38.1 Å².